The Morgan fingerprint density at radius 3 is 2.48 bits per heavy atom. The molecule has 6 heteroatoms. The van der Waals surface area contributed by atoms with E-state index in [0.717, 1.165) is 37.2 Å². The Morgan fingerprint density at radius 2 is 1.90 bits per heavy atom. The van der Waals surface area contributed by atoms with Gasteiger partial charge in [-0.2, -0.15) is 0 Å². The molecule has 0 radical (unpaired) electrons. The van der Waals surface area contributed by atoms with Crippen LogP contribution in [0.25, 0.3) is 0 Å². The van der Waals surface area contributed by atoms with Crippen LogP contribution in [0.1, 0.15) is 31.4 Å². The molecule has 0 amide bonds. The first-order valence-corrected chi connectivity index (χ1v) is 8.95. The van der Waals surface area contributed by atoms with E-state index in [4.69, 9.17) is 5.73 Å². The summed E-state index contributed by atoms with van der Waals surface area (Å²) in [6.45, 7) is 9.68. The number of nitrogens with two attached hydrogens (primary N) is 1. The predicted octanol–water partition coefficient (Wildman–Crippen LogP) is 1.46. The van der Waals surface area contributed by atoms with Crippen LogP contribution in [0.15, 0.2) is 23.1 Å². The summed E-state index contributed by atoms with van der Waals surface area (Å²) in [5.74, 6) is 0. The van der Waals surface area contributed by atoms with Crippen molar-refractivity contribution in [3.8, 4) is 0 Å². The van der Waals surface area contributed by atoms with Gasteiger partial charge in [0, 0.05) is 13.1 Å². The minimum absolute atomic E-state index is 0.327. The molecule has 1 rings (SSSR count). The fourth-order valence-electron chi connectivity index (χ4n) is 2.30. The SMILES string of the molecule is CCN(CC)CCCNS(=O)(=O)c1cccc(CN)c1C. The Hall–Kier alpha value is -0.950. The lowest BCUT2D eigenvalue weighted by molar-refractivity contribution is 0.300. The molecule has 0 aliphatic heterocycles. The van der Waals surface area contributed by atoms with Crippen LogP contribution in [0, 0.1) is 6.92 Å². The van der Waals surface area contributed by atoms with Gasteiger partial charge in [0.15, 0.2) is 0 Å². The standard InChI is InChI=1S/C15H27N3O2S/c1-4-18(5-2)11-7-10-17-21(19,20)15-9-6-8-14(12-16)13(15)3/h6,8-9,17H,4-5,7,10-12,16H2,1-3H3. The van der Waals surface area contributed by atoms with Gasteiger partial charge in [0.05, 0.1) is 4.90 Å². The zero-order valence-electron chi connectivity index (χ0n) is 13.2. The second-order valence-electron chi connectivity index (χ2n) is 5.02. The van der Waals surface area contributed by atoms with Crippen LogP contribution >= 0.6 is 0 Å². The Kier molecular flexibility index (Phi) is 7.31. The fourth-order valence-corrected chi connectivity index (χ4v) is 3.66. The van der Waals surface area contributed by atoms with Gasteiger partial charge in [-0.05, 0) is 50.2 Å². The first-order chi connectivity index (χ1) is 9.96. The topological polar surface area (TPSA) is 75.4 Å². The van der Waals surface area contributed by atoms with E-state index in [-0.39, 0.29) is 0 Å². The van der Waals surface area contributed by atoms with Gasteiger partial charge in [0.2, 0.25) is 10.0 Å². The van der Waals surface area contributed by atoms with E-state index in [0.29, 0.717) is 18.0 Å². The maximum absolute atomic E-state index is 12.3. The van der Waals surface area contributed by atoms with Gasteiger partial charge in [-0.25, -0.2) is 13.1 Å². The molecule has 120 valence electrons. The third-order valence-corrected chi connectivity index (χ3v) is 5.35. The summed E-state index contributed by atoms with van der Waals surface area (Å²) in [7, 11) is -3.46. The highest BCUT2D eigenvalue weighted by molar-refractivity contribution is 7.89. The van der Waals surface area contributed by atoms with Crippen molar-refractivity contribution >= 4 is 10.0 Å². The second kappa shape index (κ2) is 8.48. The molecule has 5 nitrogen and oxygen atoms in total. The van der Waals surface area contributed by atoms with E-state index in [2.05, 4.69) is 23.5 Å². The number of rotatable bonds is 9. The van der Waals surface area contributed by atoms with Gasteiger partial charge in [-0.3, -0.25) is 0 Å². The largest absolute Gasteiger partial charge is 0.326 e. The number of nitrogens with one attached hydrogen (secondary N) is 1. The Morgan fingerprint density at radius 1 is 1.24 bits per heavy atom. The molecule has 1 aromatic rings. The molecule has 0 atom stereocenters. The summed E-state index contributed by atoms with van der Waals surface area (Å²) < 4.78 is 27.4. The van der Waals surface area contributed by atoms with Crippen molar-refractivity contribution in [1.82, 2.24) is 9.62 Å². The molecule has 3 N–H and O–H groups in total. The molecule has 0 saturated heterocycles. The normalized spacial score (nSPS) is 12.0. The van der Waals surface area contributed by atoms with Gasteiger partial charge in [0.1, 0.15) is 0 Å². The summed E-state index contributed by atoms with van der Waals surface area (Å²) in [5.41, 5.74) is 7.22. The Labute approximate surface area is 128 Å². The van der Waals surface area contributed by atoms with Crippen molar-refractivity contribution in [2.75, 3.05) is 26.2 Å². The summed E-state index contributed by atoms with van der Waals surface area (Å²) in [4.78, 5) is 2.60. The third-order valence-electron chi connectivity index (χ3n) is 3.74. The summed E-state index contributed by atoms with van der Waals surface area (Å²) in [6, 6.07) is 5.22. The van der Waals surface area contributed by atoms with Crippen molar-refractivity contribution in [2.24, 2.45) is 5.73 Å². The van der Waals surface area contributed by atoms with Crippen molar-refractivity contribution in [3.05, 3.63) is 29.3 Å². The van der Waals surface area contributed by atoms with E-state index >= 15 is 0 Å². The average Bonchev–Trinajstić information content (AvgIpc) is 2.47. The van der Waals surface area contributed by atoms with Gasteiger partial charge in [0.25, 0.3) is 0 Å². The van der Waals surface area contributed by atoms with Crippen LogP contribution in [0.4, 0.5) is 0 Å². The number of hydrogen-bond donors (Lipinski definition) is 2. The van der Waals surface area contributed by atoms with Crippen molar-refractivity contribution in [1.29, 1.82) is 0 Å². The summed E-state index contributed by atoms with van der Waals surface area (Å²) >= 11 is 0. The smallest absolute Gasteiger partial charge is 0.240 e. The zero-order valence-corrected chi connectivity index (χ0v) is 14.0. The van der Waals surface area contributed by atoms with Gasteiger partial charge >= 0.3 is 0 Å². The molecular formula is C15H27N3O2S. The molecule has 0 aliphatic rings. The van der Waals surface area contributed by atoms with E-state index < -0.39 is 10.0 Å². The van der Waals surface area contributed by atoms with E-state index in [1.807, 2.05) is 6.07 Å². The van der Waals surface area contributed by atoms with Crippen LogP contribution < -0.4 is 10.5 Å². The molecule has 0 aliphatic carbocycles. The highest BCUT2D eigenvalue weighted by atomic mass is 32.2. The van der Waals surface area contributed by atoms with Crippen molar-refractivity contribution in [2.45, 2.75) is 38.6 Å². The number of hydrogen-bond acceptors (Lipinski definition) is 4. The van der Waals surface area contributed by atoms with E-state index in [9.17, 15) is 8.42 Å². The van der Waals surface area contributed by atoms with Gasteiger partial charge in [-0.15, -0.1) is 0 Å². The van der Waals surface area contributed by atoms with Crippen LogP contribution in [0.5, 0.6) is 0 Å². The maximum Gasteiger partial charge on any atom is 0.240 e. The molecule has 0 heterocycles. The highest BCUT2D eigenvalue weighted by Crippen LogP contribution is 2.18. The van der Waals surface area contributed by atoms with Crippen LogP contribution in [-0.2, 0) is 16.6 Å². The maximum atomic E-state index is 12.3. The number of nitrogens with zero attached hydrogens (tertiary/aromatic N) is 1. The van der Waals surface area contributed by atoms with Crippen molar-refractivity contribution in [3.63, 3.8) is 0 Å². The molecule has 0 spiro atoms. The molecule has 0 saturated carbocycles. The quantitative estimate of drug-likeness (QED) is 0.677. The summed E-state index contributed by atoms with van der Waals surface area (Å²) in [5, 5.41) is 0. The zero-order chi connectivity index (χ0) is 15.9. The summed E-state index contributed by atoms with van der Waals surface area (Å²) in [6.07, 6.45) is 0.802. The lowest BCUT2D eigenvalue weighted by Crippen LogP contribution is -2.30. The Bertz CT molecular complexity index is 540. The minimum atomic E-state index is -3.46. The molecule has 0 unspecified atom stereocenters. The molecule has 0 bridgehead atoms. The average molecular weight is 313 g/mol. The number of benzene rings is 1. The van der Waals surface area contributed by atoms with Gasteiger partial charge < -0.3 is 10.6 Å². The second-order valence-corrected chi connectivity index (χ2v) is 6.76. The molecule has 1 aromatic carbocycles. The first kappa shape index (κ1) is 18.1. The third kappa shape index (κ3) is 5.07. The van der Waals surface area contributed by atoms with Crippen LogP contribution in [0.2, 0.25) is 0 Å². The lowest BCUT2D eigenvalue weighted by atomic mass is 10.1. The molecular weight excluding hydrogens is 286 g/mol. The molecule has 0 fully saturated rings. The van der Waals surface area contributed by atoms with E-state index in [1.54, 1.807) is 19.1 Å². The van der Waals surface area contributed by atoms with E-state index in [1.165, 1.54) is 0 Å². The number of sulfonamides is 1. The molecule has 21 heavy (non-hydrogen) atoms. The monoisotopic (exact) mass is 313 g/mol. The van der Waals surface area contributed by atoms with Crippen LogP contribution in [-0.4, -0.2) is 39.5 Å². The highest BCUT2D eigenvalue weighted by Gasteiger charge is 2.17. The van der Waals surface area contributed by atoms with Crippen molar-refractivity contribution < 1.29 is 8.42 Å². The van der Waals surface area contributed by atoms with Crippen LogP contribution in [0.3, 0.4) is 0 Å². The predicted molar refractivity (Wildman–Crippen MR) is 86.7 cm³/mol. The lowest BCUT2D eigenvalue weighted by Gasteiger charge is -2.18. The minimum Gasteiger partial charge on any atom is -0.326 e. The Balaban J connectivity index is 2.66. The first-order valence-electron chi connectivity index (χ1n) is 7.46. The fraction of sp³-hybridized carbons (Fsp3) is 0.600. The molecule has 0 aromatic heterocycles. The van der Waals surface area contributed by atoms with Gasteiger partial charge in [-0.1, -0.05) is 26.0 Å².